The molecule has 5 N–H and O–H groups in total. The standard InChI is InChI=1S/C13H17N5O5/c14-10-7-11(16-13(22)18(10)5-1-2-5)17(4-15-7)12-9(21)8(20)6(3-19)23-12/h4-6,8-9,12,19-21H,1-3,14H2/t6-,8-,9-,12-/m1/s1. The monoisotopic (exact) mass is 323 g/mol. The minimum atomic E-state index is -1.28. The molecule has 0 unspecified atom stereocenters. The number of aromatic nitrogens is 4. The summed E-state index contributed by atoms with van der Waals surface area (Å²) in [6.07, 6.45) is -1.33. The zero-order valence-electron chi connectivity index (χ0n) is 12.1. The van der Waals surface area contributed by atoms with Gasteiger partial charge in [0, 0.05) is 6.04 Å². The molecule has 0 aromatic carbocycles. The molecular formula is C13H17N5O5. The maximum Gasteiger partial charge on any atom is 0.351 e. The number of rotatable bonds is 3. The molecule has 0 radical (unpaired) electrons. The van der Waals surface area contributed by atoms with Crippen molar-refractivity contribution in [2.75, 3.05) is 12.3 Å². The lowest BCUT2D eigenvalue weighted by atomic mass is 10.1. The number of aliphatic hydroxyl groups excluding tert-OH is 3. The molecule has 1 saturated carbocycles. The Morgan fingerprint density at radius 3 is 2.70 bits per heavy atom. The van der Waals surface area contributed by atoms with Crippen LogP contribution in [-0.4, -0.2) is 59.3 Å². The minimum absolute atomic E-state index is 0.0680. The van der Waals surface area contributed by atoms with Crippen molar-refractivity contribution in [3.63, 3.8) is 0 Å². The highest BCUT2D eigenvalue weighted by molar-refractivity contribution is 5.81. The van der Waals surface area contributed by atoms with E-state index >= 15 is 0 Å². The summed E-state index contributed by atoms with van der Waals surface area (Å²) in [6, 6.07) is 0.0680. The van der Waals surface area contributed by atoms with E-state index in [9.17, 15) is 15.0 Å². The number of nitrogen functional groups attached to an aromatic ring is 1. The molecule has 2 aromatic rings. The Hall–Kier alpha value is -2.01. The van der Waals surface area contributed by atoms with Gasteiger partial charge in [-0.3, -0.25) is 9.13 Å². The van der Waals surface area contributed by atoms with E-state index in [1.54, 1.807) is 0 Å². The summed E-state index contributed by atoms with van der Waals surface area (Å²) in [4.78, 5) is 20.4. The fourth-order valence-electron chi connectivity index (χ4n) is 2.99. The van der Waals surface area contributed by atoms with E-state index in [0.717, 1.165) is 12.8 Å². The number of imidazole rings is 1. The van der Waals surface area contributed by atoms with Gasteiger partial charge in [0.05, 0.1) is 12.9 Å². The number of aliphatic hydroxyl groups is 3. The topological polar surface area (TPSA) is 149 Å². The molecule has 0 amide bonds. The molecule has 1 saturated heterocycles. The normalized spacial score (nSPS) is 31.1. The third kappa shape index (κ3) is 2.06. The molecule has 124 valence electrons. The van der Waals surface area contributed by atoms with Gasteiger partial charge in [-0.15, -0.1) is 0 Å². The molecule has 0 bridgehead atoms. The SMILES string of the molecule is Nc1c2ncn([C@@H]3O[C@H](CO)[C@@H](O)[C@H]3O)c2nc(=O)n1C1CC1. The molecule has 2 aliphatic rings. The van der Waals surface area contributed by atoms with Gasteiger partial charge in [0.25, 0.3) is 0 Å². The summed E-state index contributed by atoms with van der Waals surface area (Å²) in [6.45, 7) is -0.439. The largest absolute Gasteiger partial charge is 0.394 e. The molecule has 10 heteroatoms. The molecule has 4 rings (SSSR count). The third-order valence-corrected chi connectivity index (χ3v) is 4.38. The van der Waals surface area contributed by atoms with E-state index in [4.69, 9.17) is 15.6 Å². The Labute approximate surface area is 129 Å². The van der Waals surface area contributed by atoms with Gasteiger partial charge in [-0.25, -0.2) is 9.78 Å². The van der Waals surface area contributed by atoms with Crippen molar-refractivity contribution in [3.05, 3.63) is 16.8 Å². The molecule has 4 atom stereocenters. The first-order valence-electron chi connectivity index (χ1n) is 7.40. The van der Waals surface area contributed by atoms with Crippen LogP contribution in [0.15, 0.2) is 11.1 Å². The molecule has 1 aliphatic carbocycles. The van der Waals surface area contributed by atoms with Crippen LogP contribution in [0, 0.1) is 0 Å². The maximum atomic E-state index is 12.2. The summed E-state index contributed by atoms with van der Waals surface area (Å²) in [5, 5.41) is 29.1. The van der Waals surface area contributed by atoms with Crippen LogP contribution < -0.4 is 11.4 Å². The molecule has 3 heterocycles. The molecule has 23 heavy (non-hydrogen) atoms. The van der Waals surface area contributed by atoms with Crippen molar-refractivity contribution in [1.29, 1.82) is 0 Å². The first-order valence-corrected chi connectivity index (χ1v) is 7.40. The Morgan fingerprint density at radius 1 is 1.35 bits per heavy atom. The lowest BCUT2D eigenvalue weighted by Crippen LogP contribution is -2.33. The number of nitrogens with two attached hydrogens (primary N) is 1. The lowest BCUT2D eigenvalue weighted by Gasteiger charge is -2.16. The van der Waals surface area contributed by atoms with Crippen LogP contribution in [0.5, 0.6) is 0 Å². The van der Waals surface area contributed by atoms with Crippen LogP contribution in [0.4, 0.5) is 5.82 Å². The second kappa shape index (κ2) is 4.99. The summed E-state index contributed by atoms with van der Waals surface area (Å²) in [5.74, 6) is 0.230. The smallest absolute Gasteiger partial charge is 0.351 e. The average molecular weight is 323 g/mol. The predicted molar refractivity (Wildman–Crippen MR) is 77.5 cm³/mol. The number of hydrogen-bond acceptors (Lipinski definition) is 8. The first-order chi connectivity index (χ1) is 11.0. The molecule has 2 fully saturated rings. The van der Waals surface area contributed by atoms with Crippen LogP contribution in [0.2, 0.25) is 0 Å². The second-order valence-electron chi connectivity index (χ2n) is 5.93. The zero-order valence-corrected chi connectivity index (χ0v) is 12.1. The van der Waals surface area contributed by atoms with Gasteiger partial charge in [-0.05, 0) is 12.8 Å². The van der Waals surface area contributed by atoms with E-state index in [0.29, 0.717) is 5.52 Å². The summed E-state index contributed by atoms with van der Waals surface area (Å²) in [5.41, 5.74) is 6.08. The Bertz CT molecular complexity index is 813. The van der Waals surface area contributed by atoms with Crippen molar-refractivity contribution < 1.29 is 20.1 Å². The van der Waals surface area contributed by atoms with E-state index in [1.807, 2.05) is 0 Å². The van der Waals surface area contributed by atoms with Crippen LogP contribution in [0.25, 0.3) is 11.2 Å². The number of ether oxygens (including phenoxy) is 1. The summed E-state index contributed by atoms with van der Waals surface area (Å²) >= 11 is 0. The third-order valence-electron chi connectivity index (χ3n) is 4.38. The van der Waals surface area contributed by atoms with Crippen LogP contribution in [0.1, 0.15) is 25.1 Å². The van der Waals surface area contributed by atoms with Crippen molar-refractivity contribution in [2.24, 2.45) is 0 Å². The molecule has 1 aliphatic heterocycles. The van der Waals surface area contributed by atoms with Gasteiger partial charge >= 0.3 is 5.69 Å². The van der Waals surface area contributed by atoms with Gasteiger partial charge in [0.1, 0.15) is 29.6 Å². The lowest BCUT2D eigenvalue weighted by molar-refractivity contribution is -0.0511. The van der Waals surface area contributed by atoms with Crippen molar-refractivity contribution >= 4 is 17.0 Å². The number of fused-ring (bicyclic) bond motifs is 1. The van der Waals surface area contributed by atoms with Crippen LogP contribution in [-0.2, 0) is 4.74 Å². The zero-order chi connectivity index (χ0) is 16.3. The summed E-state index contributed by atoms with van der Waals surface area (Å²) in [7, 11) is 0. The highest BCUT2D eigenvalue weighted by atomic mass is 16.6. The highest BCUT2D eigenvalue weighted by Gasteiger charge is 2.44. The minimum Gasteiger partial charge on any atom is -0.394 e. The Balaban J connectivity index is 1.82. The van der Waals surface area contributed by atoms with Crippen LogP contribution in [0.3, 0.4) is 0 Å². The number of nitrogens with zero attached hydrogens (tertiary/aromatic N) is 4. The number of anilines is 1. The van der Waals surface area contributed by atoms with E-state index in [-0.39, 0.29) is 17.5 Å². The van der Waals surface area contributed by atoms with Gasteiger partial charge in [0.2, 0.25) is 0 Å². The van der Waals surface area contributed by atoms with E-state index < -0.39 is 36.8 Å². The van der Waals surface area contributed by atoms with Gasteiger partial charge in [0.15, 0.2) is 11.9 Å². The van der Waals surface area contributed by atoms with Crippen molar-refractivity contribution in [3.8, 4) is 0 Å². The quantitative estimate of drug-likeness (QED) is 0.513. The van der Waals surface area contributed by atoms with Crippen molar-refractivity contribution in [2.45, 2.75) is 43.4 Å². The highest BCUT2D eigenvalue weighted by Crippen LogP contribution is 2.37. The van der Waals surface area contributed by atoms with Gasteiger partial charge in [-0.1, -0.05) is 0 Å². The second-order valence-corrected chi connectivity index (χ2v) is 5.93. The summed E-state index contributed by atoms with van der Waals surface area (Å²) < 4.78 is 8.22. The van der Waals surface area contributed by atoms with E-state index in [1.165, 1.54) is 15.5 Å². The molecule has 0 spiro atoms. The fourth-order valence-corrected chi connectivity index (χ4v) is 2.99. The average Bonchev–Trinajstić information content (AvgIpc) is 3.20. The van der Waals surface area contributed by atoms with Gasteiger partial charge < -0.3 is 25.8 Å². The molecule has 2 aromatic heterocycles. The Kier molecular flexibility index (Phi) is 3.17. The Morgan fingerprint density at radius 2 is 2.09 bits per heavy atom. The van der Waals surface area contributed by atoms with Crippen LogP contribution >= 0.6 is 0 Å². The maximum absolute atomic E-state index is 12.2. The fraction of sp³-hybridized carbons (Fsp3) is 0.615. The first kappa shape index (κ1) is 14.6. The van der Waals surface area contributed by atoms with E-state index in [2.05, 4.69) is 9.97 Å². The number of hydrogen-bond donors (Lipinski definition) is 4. The predicted octanol–water partition coefficient (Wildman–Crippen LogP) is -1.88. The molecule has 10 nitrogen and oxygen atoms in total. The van der Waals surface area contributed by atoms with Gasteiger partial charge in [-0.2, -0.15) is 4.98 Å². The molecular weight excluding hydrogens is 306 g/mol. The van der Waals surface area contributed by atoms with Crippen molar-refractivity contribution in [1.82, 2.24) is 19.1 Å².